The summed E-state index contributed by atoms with van der Waals surface area (Å²) in [5.74, 6) is 2.66. The van der Waals surface area contributed by atoms with Crippen molar-refractivity contribution in [1.29, 1.82) is 0 Å². The summed E-state index contributed by atoms with van der Waals surface area (Å²) in [4.78, 5) is 1.45. The first-order valence-corrected chi connectivity index (χ1v) is 5.89. The van der Waals surface area contributed by atoms with Crippen molar-refractivity contribution in [3.05, 3.63) is 21.9 Å². The van der Waals surface area contributed by atoms with Crippen molar-refractivity contribution in [3.63, 3.8) is 0 Å². The van der Waals surface area contributed by atoms with Gasteiger partial charge in [-0.3, -0.25) is 0 Å². The Kier molecular flexibility index (Phi) is 5.36. The van der Waals surface area contributed by atoms with Crippen LogP contribution in [0.1, 0.15) is 29.7 Å². The van der Waals surface area contributed by atoms with Gasteiger partial charge in [-0.2, -0.15) is 0 Å². The summed E-state index contributed by atoms with van der Waals surface area (Å²) in [6.07, 6.45) is 8.38. The molecule has 2 heteroatoms. The van der Waals surface area contributed by atoms with Crippen LogP contribution in [0.5, 0.6) is 0 Å². The lowest BCUT2D eigenvalue weighted by atomic mass is 10.2. The standard InChI is InChI=1S/C12H17NS/c1-3-4-5-6-8-13-10-12-11(2)7-9-14-12/h1,7,9,13H,4-6,8,10H2,2H3. The molecule has 0 saturated heterocycles. The van der Waals surface area contributed by atoms with Crippen molar-refractivity contribution in [2.45, 2.75) is 32.7 Å². The lowest BCUT2D eigenvalue weighted by Gasteiger charge is -2.02. The number of terminal acetylenes is 1. The lowest BCUT2D eigenvalue weighted by molar-refractivity contribution is 0.632. The van der Waals surface area contributed by atoms with E-state index in [4.69, 9.17) is 6.42 Å². The second-order valence-corrected chi connectivity index (χ2v) is 4.37. The van der Waals surface area contributed by atoms with Gasteiger partial charge >= 0.3 is 0 Å². The topological polar surface area (TPSA) is 12.0 Å². The minimum absolute atomic E-state index is 0.902. The molecule has 0 aliphatic rings. The normalized spacial score (nSPS) is 10.0. The van der Waals surface area contributed by atoms with E-state index in [9.17, 15) is 0 Å². The molecule has 0 atom stereocenters. The van der Waals surface area contributed by atoms with Crippen LogP contribution in [0, 0.1) is 19.3 Å². The lowest BCUT2D eigenvalue weighted by Crippen LogP contribution is -2.14. The van der Waals surface area contributed by atoms with Gasteiger partial charge in [0.15, 0.2) is 0 Å². The average molecular weight is 207 g/mol. The maximum Gasteiger partial charge on any atom is 0.0302 e. The Balaban J connectivity index is 2.05. The number of hydrogen-bond acceptors (Lipinski definition) is 2. The van der Waals surface area contributed by atoms with Crippen molar-refractivity contribution < 1.29 is 0 Å². The van der Waals surface area contributed by atoms with Gasteiger partial charge in [0.25, 0.3) is 0 Å². The largest absolute Gasteiger partial charge is 0.312 e. The van der Waals surface area contributed by atoms with Gasteiger partial charge in [-0.05, 0) is 43.3 Å². The molecule has 0 amide bonds. The third-order valence-electron chi connectivity index (χ3n) is 2.18. The number of nitrogens with one attached hydrogen (secondary N) is 1. The highest BCUT2D eigenvalue weighted by atomic mass is 32.1. The van der Waals surface area contributed by atoms with Gasteiger partial charge in [0.05, 0.1) is 0 Å². The van der Waals surface area contributed by atoms with E-state index in [1.807, 2.05) is 11.3 Å². The van der Waals surface area contributed by atoms with Crippen LogP contribution >= 0.6 is 11.3 Å². The Hall–Kier alpha value is -0.780. The van der Waals surface area contributed by atoms with E-state index in [2.05, 4.69) is 29.6 Å². The number of hydrogen-bond donors (Lipinski definition) is 1. The molecule has 0 unspecified atom stereocenters. The van der Waals surface area contributed by atoms with E-state index in [1.165, 1.54) is 16.9 Å². The molecule has 1 aromatic heterocycles. The molecule has 0 aliphatic carbocycles. The van der Waals surface area contributed by atoms with Crippen molar-refractivity contribution >= 4 is 11.3 Å². The molecule has 0 aliphatic heterocycles. The highest BCUT2D eigenvalue weighted by molar-refractivity contribution is 7.10. The Morgan fingerprint density at radius 2 is 2.36 bits per heavy atom. The number of unbranched alkanes of at least 4 members (excludes halogenated alkanes) is 2. The molecule has 1 rings (SSSR count). The summed E-state index contributed by atoms with van der Waals surface area (Å²) in [5.41, 5.74) is 1.39. The van der Waals surface area contributed by atoms with Crippen LogP contribution < -0.4 is 5.32 Å². The molecule has 1 N–H and O–H groups in total. The Bertz CT molecular complexity index is 296. The summed E-state index contributed by atoms with van der Waals surface area (Å²) >= 11 is 1.82. The first kappa shape index (κ1) is 11.3. The van der Waals surface area contributed by atoms with Crippen LogP contribution in [0.25, 0.3) is 0 Å². The fourth-order valence-electron chi connectivity index (χ4n) is 1.26. The van der Waals surface area contributed by atoms with Gasteiger partial charge in [0.1, 0.15) is 0 Å². The third kappa shape index (κ3) is 3.95. The van der Waals surface area contributed by atoms with Crippen LogP contribution in [0.3, 0.4) is 0 Å². The second kappa shape index (κ2) is 6.64. The molecule has 76 valence electrons. The van der Waals surface area contributed by atoms with Gasteiger partial charge in [0, 0.05) is 17.8 Å². The fraction of sp³-hybridized carbons (Fsp3) is 0.500. The van der Waals surface area contributed by atoms with E-state index >= 15 is 0 Å². The molecule has 0 saturated carbocycles. The zero-order valence-electron chi connectivity index (χ0n) is 8.68. The SMILES string of the molecule is C#CCCCCNCc1sccc1C. The molecule has 1 heterocycles. The van der Waals surface area contributed by atoms with Gasteiger partial charge in [-0.15, -0.1) is 23.7 Å². The summed E-state index contributed by atoms with van der Waals surface area (Å²) in [5, 5.41) is 5.57. The molecule has 1 aromatic rings. The summed E-state index contributed by atoms with van der Waals surface area (Å²) in [6, 6.07) is 2.17. The van der Waals surface area contributed by atoms with Crippen molar-refractivity contribution in [2.24, 2.45) is 0 Å². The molecule has 0 bridgehead atoms. The molecule has 0 aromatic carbocycles. The predicted octanol–water partition coefficient (Wildman–Crippen LogP) is 2.95. The van der Waals surface area contributed by atoms with Crippen molar-refractivity contribution in [1.82, 2.24) is 5.32 Å². The van der Waals surface area contributed by atoms with E-state index in [1.54, 1.807) is 0 Å². The number of thiophene rings is 1. The highest BCUT2D eigenvalue weighted by Crippen LogP contribution is 2.14. The molecular weight excluding hydrogens is 190 g/mol. The van der Waals surface area contributed by atoms with Crippen molar-refractivity contribution in [3.8, 4) is 12.3 Å². The van der Waals surface area contributed by atoms with Crippen LogP contribution in [-0.2, 0) is 6.54 Å². The number of aryl methyl sites for hydroxylation is 1. The first-order valence-electron chi connectivity index (χ1n) is 5.01. The molecule has 0 radical (unpaired) electrons. The van der Waals surface area contributed by atoms with E-state index in [0.717, 1.165) is 25.9 Å². The summed E-state index contributed by atoms with van der Waals surface area (Å²) in [6.45, 7) is 4.23. The smallest absolute Gasteiger partial charge is 0.0302 e. The Labute approximate surface area is 90.5 Å². The molecule has 14 heavy (non-hydrogen) atoms. The van der Waals surface area contributed by atoms with Crippen LogP contribution in [0.2, 0.25) is 0 Å². The third-order valence-corrected chi connectivity index (χ3v) is 3.20. The summed E-state index contributed by atoms with van der Waals surface area (Å²) < 4.78 is 0. The Morgan fingerprint density at radius 1 is 1.50 bits per heavy atom. The molecule has 0 fully saturated rings. The maximum atomic E-state index is 5.17. The van der Waals surface area contributed by atoms with Gasteiger partial charge < -0.3 is 5.32 Å². The van der Waals surface area contributed by atoms with E-state index in [-0.39, 0.29) is 0 Å². The van der Waals surface area contributed by atoms with Crippen LogP contribution in [0.15, 0.2) is 11.4 Å². The zero-order valence-corrected chi connectivity index (χ0v) is 9.49. The maximum absolute atomic E-state index is 5.17. The molecule has 0 spiro atoms. The minimum atomic E-state index is 0.902. The molecule has 1 nitrogen and oxygen atoms in total. The average Bonchev–Trinajstić information content (AvgIpc) is 2.58. The number of rotatable bonds is 6. The van der Waals surface area contributed by atoms with Gasteiger partial charge in [-0.25, -0.2) is 0 Å². The summed E-state index contributed by atoms with van der Waals surface area (Å²) in [7, 11) is 0. The van der Waals surface area contributed by atoms with E-state index < -0.39 is 0 Å². The van der Waals surface area contributed by atoms with Gasteiger partial charge in [-0.1, -0.05) is 0 Å². The van der Waals surface area contributed by atoms with E-state index in [0.29, 0.717) is 0 Å². The van der Waals surface area contributed by atoms with Gasteiger partial charge in [0.2, 0.25) is 0 Å². The fourth-order valence-corrected chi connectivity index (χ4v) is 2.14. The predicted molar refractivity (Wildman–Crippen MR) is 63.4 cm³/mol. The monoisotopic (exact) mass is 207 g/mol. The van der Waals surface area contributed by atoms with Crippen LogP contribution in [0.4, 0.5) is 0 Å². The first-order chi connectivity index (χ1) is 6.84. The highest BCUT2D eigenvalue weighted by Gasteiger charge is 1.97. The Morgan fingerprint density at radius 3 is 3.00 bits per heavy atom. The molecular formula is C12H17NS. The van der Waals surface area contributed by atoms with Crippen molar-refractivity contribution in [2.75, 3.05) is 6.54 Å². The zero-order chi connectivity index (χ0) is 10.2. The minimum Gasteiger partial charge on any atom is -0.312 e. The quantitative estimate of drug-likeness (QED) is 0.558. The second-order valence-electron chi connectivity index (χ2n) is 3.36. The van der Waals surface area contributed by atoms with Crippen LogP contribution in [-0.4, -0.2) is 6.54 Å².